The lowest BCUT2D eigenvalue weighted by Gasteiger charge is -2.30. The molecule has 1 aliphatic rings. The summed E-state index contributed by atoms with van der Waals surface area (Å²) in [7, 11) is 0. The van der Waals surface area contributed by atoms with Crippen molar-refractivity contribution < 1.29 is 4.74 Å². The maximum absolute atomic E-state index is 8.84. The second-order valence-corrected chi connectivity index (χ2v) is 6.84. The molecule has 0 saturated carbocycles. The number of hydrogen-bond acceptors (Lipinski definition) is 5. The van der Waals surface area contributed by atoms with Gasteiger partial charge in [-0.3, -0.25) is 4.98 Å². The maximum atomic E-state index is 8.84. The first-order valence-electron chi connectivity index (χ1n) is 8.03. The van der Waals surface area contributed by atoms with Crippen LogP contribution in [0.4, 0.5) is 0 Å². The fraction of sp³-hybridized carbons (Fsp3) is 0.471. The minimum atomic E-state index is 0.0829. The van der Waals surface area contributed by atoms with Crippen molar-refractivity contribution in [3.8, 4) is 6.07 Å². The molecule has 1 saturated heterocycles. The van der Waals surface area contributed by atoms with Crippen molar-refractivity contribution in [3.63, 3.8) is 0 Å². The summed E-state index contributed by atoms with van der Waals surface area (Å²) >= 11 is 1.72. The molecule has 0 N–H and O–H groups in total. The average Bonchev–Trinajstić information content (AvgIpc) is 3.19. The van der Waals surface area contributed by atoms with Crippen LogP contribution >= 0.6 is 11.3 Å². The molecule has 0 amide bonds. The number of aryl methyl sites for hydroxylation is 1. The van der Waals surface area contributed by atoms with Crippen molar-refractivity contribution in [1.82, 2.24) is 14.5 Å². The van der Waals surface area contributed by atoms with Gasteiger partial charge in [-0.25, -0.2) is 4.98 Å². The van der Waals surface area contributed by atoms with Crippen molar-refractivity contribution in [3.05, 3.63) is 23.5 Å². The van der Waals surface area contributed by atoms with E-state index in [9.17, 15) is 0 Å². The Bertz CT molecular complexity index is 883. The van der Waals surface area contributed by atoms with Gasteiger partial charge in [-0.05, 0) is 24.3 Å². The minimum absolute atomic E-state index is 0.0829. The molecule has 0 aliphatic carbocycles. The summed E-state index contributed by atoms with van der Waals surface area (Å²) in [6, 6.07) is 4.56. The molecule has 0 bridgehead atoms. The van der Waals surface area contributed by atoms with E-state index in [1.165, 1.54) is 10.2 Å². The smallest absolute Gasteiger partial charge is 0.110 e. The lowest BCUT2D eigenvalue weighted by atomic mass is 10.0. The first-order chi connectivity index (χ1) is 11.3. The standard InChI is InChI=1S/C17H18N4OS/c1-2-15-20-14-9-19-13-6-8-23-17(13)16(14)21(15)11-3-4-12(5-7-18)22-10-11/h6,8-9,11-12H,2-5,10H2,1H3. The SMILES string of the molecule is CCc1nc2cnc3ccsc3c2n1C1CCC(CC#N)OC1. The zero-order valence-corrected chi connectivity index (χ0v) is 13.8. The Balaban J connectivity index is 1.79. The molecule has 118 valence electrons. The van der Waals surface area contributed by atoms with Crippen molar-refractivity contribution in [1.29, 1.82) is 5.26 Å². The molecule has 1 fully saturated rings. The molecule has 5 nitrogen and oxygen atoms in total. The van der Waals surface area contributed by atoms with Gasteiger partial charge in [-0.1, -0.05) is 6.92 Å². The summed E-state index contributed by atoms with van der Waals surface area (Å²) < 4.78 is 9.48. The molecular formula is C17H18N4OS. The fourth-order valence-corrected chi connectivity index (χ4v) is 4.32. The number of nitriles is 1. The Hall–Kier alpha value is -1.97. The molecule has 0 aromatic carbocycles. The van der Waals surface area contributed by atoms with E-state index < -0.39 is 0 Å². The van der Waals surface area contributed by atoms with Crippen LogP contribution in [0, 0.1) is 11.3 Å². The van der Waals surface area contributed by atoms with Gasteiger partial charge in [0.2, 0.25) is 0 Å². The molecule has 3 aromatic rings. The Morgan fingerprint density at radius 3 is 3.09 bits per heavy atom. The van der Waals surface area contributed by atoms with Gasteiger partial charge in [-0.15, -0.1) is 11.3 Å². The molecule has 4 heterocycles. The van der Waals surface area contributed by atoms with Crippen LogP contribution < -0.4 is 0 Å². The van der Waals surface area contributed by atoms with E-state index >= 15 is 0 Å². The zero-order valence-electron chi connectivity index (χ0n) is 13.0. The third-order valence-corrected chi connectivity index (χ3v) is 5.45. The van der Waals surface area contributed by atoms with Gasteiger partial charge in [0.15, 0.2) is 0 Å². The van der Waals surface area contributed by atoms with Crippen LogP contribution in [0.5, 0.6) is 0 Å². The highest BCUT2D eigenvalue weighted by atomic mass is 32.1. The quantitative estimate of drug-likeness (QED) is 0.733. The predicted molar refractivity (Wildman–Crippen MR) is 90.5 cm³/mol. The van der Waals surface area contributed by atoms with E-state index in [1.54, 1.807) is 11.3 Å². The Labute approximate surface area is 138 Å². The number of hydrogen-bond donors (Lipinski definition) is 0. The monoisotopic (exact) mass is 326 g/mol. The molecular weight excluding hydrogens is 308 g/mol. The summed E-state index contributed by atoms with van der Waals surface area (Å²) in [4.78, 5) is 9.30. The van der Waals surface area contributed by atoms with Gasteiger partial charge in [-0.2, -0.15) is 5.26 Å². The van der Waals surface area contributed by atoms with E-state index in [0.717, 1.165) is 36.1 Å². The summed E-state index contributed by atoms with van der Waals surface area (Å²) in [5.74, 6) is 1.09. The molecule has 2 atom stereocenters. The second-order valence-electron chi connectivity index (χ2n) is 5.93. The Morgan fingerprint density at radius 1 is 1.43 bits per heavy atom. The largest absolute Gasteiger partial charge is 0.375 e. The van der Waals surface area contributed by atoms with E-state index in [-0.39, 0.29) is 12.1 Å². The number of fused-ring (bicyclic) bond motifs is 3. The van der Waals surface area contributed by atoms with Crippen LogP contribution in [0.2, 0.25) is 0 Å². The van der Waals surface area contributed by atoms with Crippen molar-refractivity contribution in [2.75, 3.05) is 6.61 Å². The van der Waals surface area contributed by atoms with E-state index in [4.69, 9.17) is 15.0 Å². The van der Waals surface area contributed by atoms with Crippen molar-refractivity contribution >= 4 is 32.6 Å². The topological polar surface area (TPSA) is 63.7 Å². The highest BCUT2D eigenvalue weighted by molar-refractivity contribution is 7.18. The van der Waals surface area contributed by atoms with Gasteiger partial charge < -0.3 is 9.30 Å². The summed E-state index contributed by atoms with van der Waals surface area (Å²) in [5.41, 5.74) is 3.19. The van der Waals surface area contributed by atoms with Gasteiger partial charge in [0.05, 0.1) is 53.2 Å². The Kier molecular flexibility index (Phi) is 3.76. The van der Waals surface area contributed by atoms with Crippen molar-refractivity contribution in [2.24, 2.45) is 0 Å². The minimum Gasteiger partial charge on any atom is -0.375 e. The molecule has 0 spiro atoms. The highest BCUT2D eigenvalue weighted by Crippen LogP contribution is 2.34. The average molecular weight is 326 g/mol. The van der Waals surface area contributed by atoms with Gasteiger partial charge in [0.1, 0.15) is 11.3 Å². The molecule has 4 rings (SSSR count). The molecule has 23 heavy (non-hydrogen) atoms. The lowest BCUT2D eigenvalue weighted by molar-refractivity contribution is -0.00818. The summed E-state index contributed by atoms with van der Waals surface area (Å²) in [6.45, 7) is 2.79. The summed E-state index contributed by atoms with van der Waals surface area (Å²) in [5, 5.41) is 10.9. The number of nitrogens with zero attached hydrogens (tertiary/aromatic N) is 4. The van der Waals surface area contributed by atoms with E-state index in [2.05, 4.69) is 34.0 Å². The third-order valence-electron chi connectivity index (χ3n) is 4.54. The van der Waals surface area contributed by atoms with E-state index in [1.807, 2.05) is 6.20 Å². The van der Waals surface area contributed by atoms with Gasteiger partial charge in [0.25, 0.3) is 0 Å². The summed E-state index contributed by atoms with van der Waals surface area (Å²) in [6.07, 6.45) is 5.29. The van der Waals surface area contributed by atoms with Crippen molar-refractivity contribution in [2.45, 2.75) is 44.8 Å². The van der Waals surface area contributed by atoms with Gasteiger partial charge >= 0.3 is 0 Å². The number of ether oxygens (including phenoxy) is 1. The van der Waals surface area contributed by atoms with Crippen LogP contribution in [-0.2, 0) is 11.2 Å². The normalized spacial score (nSPS) is 21.7. The number of rotatable bonds is 3. The van der Waals surface area contributed by atoms with Gasteiger partial charge in [0, 0.05) is 6.42 Å². The highest BCUT2D eigenvalue weighted by Gasteiger charge is 2.26. The zero-order chi connectivity index (χ0) is 15.8. The van der Waals surface area contributed by atoms with Crippen LogP contribution in [0.25, 0.3) is 21.3 Å². The molecule has 0 radical (unpaired) electrons. The van der Waals surface area contributed by atoms with Crippen LogP contribution in [0.3, 0.4) is 0 Å². The predicted octanol–water partition coefficient (Wildman–Crippen LogP) is 3.84. The second kappa shape index (κ2) is 5.91. The molecule has 6 heteroatoms. The molecule has 3 aromatic heterocycles. The number of aromatic nitrogens is 3. The maximum Gasteiger partial charge on any atom is 0.110 e. The van der Waals surface area contributed by atoms with E-state index in [0.29, 0.717) is 13.0 Å². The third kappa shape index (κ3) is 2.41. The van der Waals surface area contributed by atoms with Crippen LogP contribution in [0.15, 0.2) is 17.6 Å². The lowest BCUT2D eigenvalue weighted by Crippen LogP contribution is -2.28. The molecule has 1 aliphatic heterocycles. The molecule has 2 unspecified atom stereocenters. The van der Waals surface area contributed by atoms with Crippen LogP contribution in [-0.4, -0.2) is 27.2 Å². The van der Waals surface area contributed by atoms with Crippen LogP contribution in [0.1, 0.15) is 38.1 Å². The number of imidazole rings is 1. The Morgan fingerprint density at radius 2 is 2.35 bits per heavy atom. The number of pyridine rings is 1. The number of thiophene rings is 1. The fourth-order valence-electron chi connectivity index (χ4n) is 3.43. The first-order valence-corrected chi connectivity index (χ1v) is 8.91. The first kappa shape index (κ1) is 14.6.